The molecule has 0 atom stereocenters. The molecule has 280 valence electrons. The van der Waals surface area contributed by atoms with Gasteiger partial charge in [0.15, 0.2) is 11.6 Å². The van der Waals surface area contributed by atoms with Gasteiger partial charge in [-0.25, -0.2) is 9.97 Å². The zero-order valence-electron chi connectivity index (χ0n) is 30.8. The fourth-order valence-corrected chi connectivity index (χ4v) is 8.90. The predicted octanol–water partition coefficient (Wildman–Crippen LogP) is 6.82. The maximum Gasteiger partial charge on any atom is 0.306 e. The first-order chi connectivity index (χ1) is 25.4. The van der Waals surface area contributed by atoms with E-state index in [2.05, 4.69) is 29.0 Å². The second-order valence-electron chi connectivity index (χ2n) is 15.1. The number of carboxylic acids is 1. The third-order valence-corrected chi connectivity index (χ3v) is 12.3. The van der Waals surface area contributed by atoms with Gasteiger partial charge in [-0.1, -0.05) is 53.5 Å². The van der Waals surface area contributed by atoms with E-state index in [9.17, 15) is 19.5 Å². The lowest BCUT2D eigenvalue weighted by Crippen LogP contribution is -2.36. The fourth-order valence-electron chi connectivity index (χ4n) is 8.33. The molecule has 11 nitrogen and oxygen atoms in total. The Hall–Kier alpha value is -4.03. The number of nitrogens with zero attached hydrogens (tertiary/aromatic N) is 6. The molecule has 0 bridgehead atoms. The molecule has 2 aromatic heterocycles. The van der Waals surface area contributed by atoms with Crippen molar-refractivity contribution < 1.29 is 19.5 Å². The van der Waals surface area contributed by atoms with Crippen molar-refractivity contribution in [3.8, 4) is 11.1 Å². The standard InChI is InChI=1S/C40H47Cl2N7O4/c1-23(2)49-18-16-33-31(22-49)43-37(46(33)3)34(50)19-26-7-5-8-27(35(26)41)28-9-6-10-29(36(28)42)45-39(51)38-44-30-21-48(17-15-32(30)47(38)4)20-24-11-13-25(14-12-24)40(52)53/h5-10,23-25H,11-22H2,1-4H3,(H,45,51)(H,52,53). The van der Waals surface area contributed by atoms with E-state index in [1.165, 1.54) is 0 Å². The van der Waals surface area contributed by atoms with Gasteiger partial charge in [-0.15, -0.1) is 0 Å². The molecule has 1 fully saturated rings. The maximum absolute atomic E-state index is 13.7. The molecule has 1 saturated carbocycles. The van der Waals surface area contributed by atoms with Gasteiger partial charge in [0.05, 0.1) is 33.0 Å². The van der Waals surface area contributed by atoms with E-state index in [0.29, 0.717) is 62.6 Å². The second kappa shape index (κ2) is 15.4. The summed E-state index contributed by atoms with van der Waals surface area (Å²) in [5, 5.41) is 13.1. The van der Waals surface area contributed by atoms with E-state index in [4.69, 9.17) is 33.2 Å². The number of aromatic nitrogens is 4. The van der Waals surface area contributed by atoms with Crippen LogP contribution in [0.3, 0.4) is 0 Å². The van der Waals surface area contributed by atoms with E-state index >= 15 is 0 Å². The van der Waals surface area contributed by atoms with Crippen LogP contribution in [0.2, 0.25) is 10.0 Å². The van der Waals surface area contributed by atoms with Crippen molar-refractivity contribution in [3.63, 3.8) is 0 Å². The molecule has 53 heavy (non-hydrogen) atoms. The number of hydrogen-bond donors (Lipinski definition) is 2. The molecule has 0 saturated heterocycles. The van der Waals surface area contributed by atoms with Crippen molar-refractivity contribution in [3.05, 3.63) is 86.4 Å². The summed E-state index contributed by atoms with van der Waals surface area (Å²) < 4.78 is 3.80. The van der Waals surface area contributed by atoms with Crippen LogP contribution in [0.15, 0.2) is 36.4 Å². The van der Waals surface area contributed by atoms with Crippen LogP contribution in [0.1, 0.15) is 89.1 Å². The Morgan fingerprint density at radius 2 is 1.47 bits per heavy atom. The number of rotatable bonds is 10. The molecule has 2 aliphatic heterocycles. The first-order valence-electron chi connectivity index (χ1n) is 18.6. The van der Waals surface area contributed by atoms with Crippen LogP contribution in [0.5, 0.6) is 0 Å². The predicted molar refractivity (Wildman–Crippen MR) is 206 cm³/mol. The van der Waals surface area contributed by atoms with Crippen molar-refractivity contribution in [1.82, 2.24) is 28.9 Å². The summed E-state index contributed by atoms with van der Waals surface area (Å²) in [5.41, 5.74) is 6.40. The second-order valence-corrected chi connectivity index (χ2v) is 15.9. The number of nitrogens with one attached hydrogen (secondary N) is 1. The molecule has 3 aliphatic rings. The summed E-state index contributed by atoms with van der Waals surface area (Å²) >= 11 is 14.0. The monoisotopic (exact) mass is 759 g/mol. The number of ketones is 1. The van der Waals surface area contributed by atoms with Gasteiger partial charge in [-0.05, 0) is 57.1 Å². The largest absolute Gasteiger partial charge is 0.481 e. The number of aliphatic carboxylic acids is 1. The van der Waals surface area contributed by atoms with Gasteiger partial charge >= 0.3 is 5.97 Å². The number of imidazole rings is 2. The molecule has 2 N–H and O–H groups in total. The number of carbonyl (C=O) groups is 3. The lowest BCUT2D eigenvalue weighted by molar-refractivity contribution is -0.143. The van der Waals surface area contributed by atoms with Gasteiger partial charge in [0.2, 0.25) is 5.78 Å². The Labute approximate surface area is 320 Å². The lowest BCUT2D eigenvalue weighted by atomic mass is 9.81. The molecule has 2 aromatic carbocycles. The summed E-state index contributed by atoms with van der Waals surface area (Å²) in [4.78, 5) is 53.0. The van der Waals surface area contributed by atoms with Gasteiger partial charge in [0.1, 0.15) is 0 Å². The molecule has 7 rings (SSSR count). The summed E-state index contributed by atoms with van der Waals surface area (Å²) in [6.07, 6.45) is 5.04. The molecule has 1 aliphatic carbocycles. The number of carboxylic acid groups (broad SMARTS) is 1. The highest BCUT2D eigenvalue weighted by atomic mass is 35.5. The van der Waals surface area contributed by atoms with Gasteiger partial charge in [0, 0.05) is 94.6 Å². The van der Waals surface area contributed by atoms with Gasteiger partial charge < -0.3 is 19.6 Å². The Kier molecular flexibility index (Phi) is 10.8. The van der Waals surface area contributed by atoms with Gasteiger partial charge in [-0.2, -0.15) is 0 Å². The Bertz CT molecular complexity index is 2060. The van der Waals surface area contributed by atoms with Crippen molar-refractivity contribution in [2.75, 3.05) is 25.0 Å². The van der Waals surface area contributed by atoms with Gasteiger partial charge in [0.25, 0.3) is 5.91 Å². The number of fused-ring (bicyclic) bond motifs is 2. The topological polar surface area (TPSA) is 126 Å². The van der Waals surface area contributed by atoms with Crippen LogP contribution in [0.4, 0.5) is 5.69 Å². The quantitative estimate of drug-likeness (QED) is 0.169. The average molecular weight is 761 g/mol. The minimum absolute atomic E-state index is 0.0887. The number of hydrogen-bond acceptors (Lipinski definition) is 7. The van der Waals surface area contributed by atoms with E-state index in [-0.39, 0.29) is 24.0 Å². The van der Waals surface area contributed by atoms with Crippen LogP contribution in [-0.4, -0.2) is 77.3 Å². The third kappa shape index (κ3) is 7.54. The number of anilines is 1. The summed E-state index contributed by atoms with van der Waals surface area (Å²) in [5.74, 6) is -0.141. The Balaban J connectivity index is 1.04. The van der Waals surface area contributed by atoms with Crippen LogP contribution in [-0.2, 0) is 51.2 Å². The third-order valence-electron chi connectivity index (χ3n) is 11.5. The van der Waals surface area contributed by atoms with Crippen LogP contribution < -0.4 is 5.32 Å². The zero-order chi connectivity index (χ0) is 37.6. The highest BCUT2D eigenvalue weighted by Gasteiger charge is 2.31. The molecule has 13 heteroatoms. The minimum atomic E-state index is -0.683. The molecule has 4 heterocycles. The lowest BCUT2D eigenvalue weighted by Gasteiger charge is -2.33. The molecule has 0 spiro atoms. The zero-order valence-corrected chi connectivity index (χ0v) is 32.3. The molecule has 0 unspecified atom stereocenters. The molecular formula is C40H47Cl2N7O4. The summed E-state index contributed by atoms with van der Waals surface area (Å²) in [7, 11) is 3.78. The van der Waals surface area contributed by atoms with Crippen LogP contribution >= 0.6 is 23.2 Å². The van der Waals surface area contributed by atoms with E-state index < -0.39 is 5.97 Å². The number of amides is 1. The number of benzene rings is 2. The molecule has 0 radical (unpaired) electrons. The van der Waals surface area contributed by atoms with E-state index in [1.54, 1.807) is 6.07 Å². The van der Waals surface area contributed by atoms with Gasteiger partial charge in [-0.3, -0.25) is 24.2 Å². The maximum atomic E-state index is 13.7. The summed E-state index contributed by atoms with van der Waals surface area (Å²) in [6.45, 7) is 8.45. The number of Topliss-reactive ketones (excluding diaryl/α,β-unsaturated/α-hetero) is 1. The minimum Gasteiger partial charge on any atom is -0.481 e. The normalized spacial score (nSPS) is 19.2. The molecule has 4 aromatic rings. The SMILES string of the molecule is CC(C)N1CCc2c(nc(C(=O)Cc3cccc(-c4cccc(NC(=O)c5nc6c(n5C)CCN(CC5CCC(C(=O)O)CC5)C6)c4Cl)c3Cl)n2C)C1. The van der Waals surface area contributed by atoms with Crippen LogP contribution in [0, 0.1) is 11.8 Å². The van der Waals surface area contributed by atoms with Crippen molar-refractivity contribution >= 4 is 46.5 Å². The highest BCUT2D eigenvalue weighted by molar-refractivity contribution is 6.39. The number of carbonyl (C=O) groups excluding carboxylic acids is 2. The highest BCUT2D eigenvalue weighted by Crippen LogP contribution is 2.39. The van der Waals surface area contributed by atoms with Crippen molar-refractivity contribution in [2.24, 2.45) is 25.9 Å². The number of halogens is 2. The van der Waals surface area contributed by atoms with Crippen molar-refractivity contribution in [1.29, 1.82) is 0 Å². The van der Waals surface area contributed by atoms with E-state index in [0.717, 1.165) is 87.5 Å². The molecular weight excluding hydrogens is 713 g/mol. The van der Waals surface area contributed by atoms with Crippen LogP contribution in [0.25, 0.3) is 11.1 Å². The Morgan fingerprint density at radius 3 is 2.17 bits per heavy atom. The molecule has 1 amide bonds. The first kappa shape index (κ1) is 37.3. The smallest absolute Gasteiger partial charge is 0.306 e. The Morgan fingerprint density at radius 1 is 0.849 bits per heavy atom. The van der Waals surface area contributed by atoms with E-state index in [1.807, 2.05) is 53.6 Å². The fraction of sp³-hybridized carbons (Fsp3) is 0.475. The first-order valence-corrected chi connectivity index (χ1v) is 19.3. The average Bonchev–Trinajstić information content (AvgIpc) is 3.65. The summed E-state index contributed by atoms with van der Waals surface area (Å²) in [6, 6.07) is 11.4. The van der Waals surface area contributed by atoms with Crippen molar-refractivity contribution in [2.45, 2.75) is 77.9 Å².